The van der Waals surface area contributed by atoms with Gasteiger partial charge in [0, 0.05) is 5.56 Å². The highest BCUT2D eigenvalue weighted by Gasteiger charge is 2.33. The van der Waals surface area contributed by atoms with E-state index in [0.29, 0.717) is 0 Å². The summed E-state index contributed by atoms with van der Waals surface area (Å²) in [4.78, 5) is 0. The first-order chi connectivity index (χ1) is 9.51. The Morgan fingerprint density at radius 1 is 1.05 bits per heavy atom. The smallest absolute Gasteiger partial charge is 0.163 e. The first-order valence-electron chi connectivity index (χ1n) is 5.42. The van der Waals surface area contributed by atoms with E-state index in [1.807, 2.05) is 12.1 Å². The zero-order valence-corrected chi connectivity index (χ0v) is 10.8. The van der Waals surface area contributed by atoms with E-state index in [4.69, 9.17) is 22.0 Å². The number of benzene rings is 1. The van der Waals surface area contributed by atoms with Crippen LogP contribution in [0.2, 0.25) is 0 Å². The van der Waals surface area contributed by atoms with Gasteiger partial charge in [-0.3, -0.25) is 0 Å². The topological polar surface area (TPSA) is 99.6 Å². The molecule has 1 aliphatic heterocycles. The number of thioether (sulfide) groups is 1. The SMILES string of the molecule is N#CC1=C(N)SC(N)=C(C#N)C1c1cccc(F)c1F. The fourth-order valence-corrected chi connectivity index (χ4v) is 2.73. The molecule has 0 amide bonds. The molecule has 0 atom stereocenters. The number of hydrogen-bond donors (Lipinski definition) is 2. The third-order valence-corrected chi connectivity index (χ3v) is 3.74. The molecule has 0 spiro atoms. The summed E-state index contributed by atoms with van der Waals surface area (Å²) >= 11 is 0.869. The van der Waals surface area contributed by atoms with E-state index >= 15 is 0 Å². The van der Waals surface area contributed by atoms with Crippen molar-refractivity contribution in [1.29, 1.82) is 10.5 Å². The predicted molar refractivity (Wildman–Crippen MR) is 70.3 cm³/mol. The highest BCUT2D eigenvalue weighted by atomic mass is 32.2. The van der Waals surface area contributed by atoms with Crippen LogP contribution in [0.1, 0.15) is 11.5 Å². The second-order valence-electron chi connectivity index (χ2n) is 3.96. The van der Waals surface area contributed by atoms with Crippen LogP contribution in [0.3, 0.4) is 0 Å². The van der Waals surface area contributed by atoms with E-state index < -0.39 is 17.6 Å². The zero-order chi connectivity index (χ0) is 14.9. The predicted octanol–water partition coefficient (Wildman–Crippen LogP) is 2.18. The lowest BCUT2D eigenvalue weighted by molar-refractivity contribution is 0.497. The third kappa shape index (κ3) is 2.09. The minimum Gasteiger partial charge on any atom is -0.392 e. The minimum absolute atomic E-state index is 0.00903. The normalized spacial score (nSPS) is 16.0. The Hall–Kier alpha value is -2.51. The molecule has 100 valence electrons. The molecule has 0 saturated heterocycles. The summed E-state index contributed by atoms with van der Waals surface area (Å²) in [6.45, 7) is 0. The standard InChI is InChI=1S/C13H8F2N4S/c14-9-3-1-2-6(11(9)15)10-7(4-16)12(18)20-13(19)8(10)5-17/h1-3,10H,18-19H2. The van der Waals surface area contributed by atoms with Crippen molar-refractivity contribution in [2.24, 2.45) is 11.5 Å². The second kappa shape index (κ2) is 5.24. The van der Waals surface area contributed by atoms with Crippen LogP contribution in [-0.4, -0.2) is 0 Å². The molecular formula is C13H8F2N4S. The van der Waals surface area contributed by atoms with Crippen molar-refractivity contribution in [2.75, 3.05) is 0 Å². The molecule has 1 aromatic rings. The maximum Gasteiger partial charge on any atom is 0.163 e. The number of nitrogens with two attached hydrogens (primary N) is 2. The van der Waals surface area contributed by atoms with Crippen LogP contribution in [0.25, 0.3) is 0 Å². The zero-order valence-electron chi connectivity index (χ0n) is 10.0. The molecule has 0 bridgehead atoms. The number of nitriles is 2. The summed E-state index contributed by atoms with van der Waals surface area (Å²) in [6, 6.07) is 7.23. The van der Waals surface area contributed by atoms with E-state index in [0.717, 1.165) is 17.8 Å². The summed E-state index contributed by atoms with van der Waals surface area (Å²) in [5.41, 5.74) is 11.2. The lowest BCUT2D eigenvalue weighted by atomic mass is 9.85. The number of rotatable bonds is 1. The quantitative estimate of drug-likeness (QED) is 0.825. The Bertz CT molecular complexity index is 689. The van der Waals surface area contributed by atoms with E-state index in [9.17, 15) is 8.78 Å². The average molecular weight is 290 g/mol. The molecule has 1 aliphatic rings. The molecular weight excluding hydrogens is 282 g/mol. The molecule has 0 fully saturated rings. The van der Waals surface area contributed by atoms with E-state index in [1.165, 1.54) is 12.1 Å². The van der Waals surface area contributed by atoms with Gasteiger partial charge in [-0.05, 0) is 6.07 Å². The van der Waals surface area contributed by atoms with Gasteiger partial charge in [-0.2, -0.15) is 10.5 Å². The molecule has 7 heteroatoms. The van der Waals surface area contributed by atoms with Crippen molar-refractivity contribution in [3.8, 4) is 12.1 Å². The highest BCUT2D eigenvalue weighted by Crippen LogP contribution is 2.43. The molecule has 0 aromatic heterocycles. The Morgan fingerprint density at radius 3 is 2.10 bits per heavy atom. The molecule has 1 aromatic carbocycles. The summed E-state index contributed by atoms with van der Waals surface area (Å²) in [5.74, 6) is -3.26. The average Bonchev–Trinajstić information content (AvgIpc) is 2.41. The number of halogens is 2. The first kappa shape index (κ1) is 13.9. The summed E-state index contributed by atoms with van der Waals surface area (Å²) < 4.78 is 27.3. The summed E-state index contributed by atoms with van der Waals surface area (Å²) in [5, 5.41) is 18.5. The van der Waals surface area contributed by atoms with Gasteiger partial charge in [0.25, 0.3) is 0 Å². The fraction of sp³-hybridized carbons (Fsp3) is 0.0769. The van der Waals surface area contributed by atoms with Crippen LogP contribution in [-0.2, 0) is 0 Å². The number of nitrogens with zero attached hydrogens (tertiary/aromatic N) is 2. The minimum atomic E-state index is -1.12. The molecule has 20 heavy (non-hydrogen) atoms. The number of allylic oxidation sites excluding steroid dienone is 2. The van der Waals surface area contributed by atoms with Crippen LogP contribution in [0.15, 0.2) is 39.4 Å². The van der Waals surface area contributed by atoms with Gasteiger partial charge in [0.05, 0.1) is 39.3 Å². The van der Waals surface area contributed by atoms with Gasteiger partial charge in [0.2, 0.25) is 0 Å². The number of hydrogen-bond acceptors (Lipinski definition) is 5. The molecule has 0 aliphatic carbocycles. The van der Waals surface area contributed by atoms with Gasteiger partial charge in [-0.1, -0.05) is 23.9 Å². The lowest BCUT2D eigenvalue weighted by Gasteiger charge is -2.23. The van der Waals surface area contributed by atoms with Gasteiger partial charge < -0.3 is 11.5 Å². The van der Waals surface area contributed by atoms with E-state index in [1.54, 1.807) is 0 Å². The third-order valence-electron chi connectivity index (χ3n) is 2.86. The Balaban J connectivity index is 2.73. The Labute approximate surface area is 118 Å². The maximum atomic E-state index is 13.9. The second-order valence-corrected chi connectivity index (χ2v) is 5.04. The molecule has 4 nitrogen and oxygen atoms in total. The van der Waals surface area contributed by atoms with Gasteiger partial charge in [-0.15, -0.1) is 0 Å². The molecule has 4 N–H and O–H groups in total. The Morgan fingerprint density at radius 2 is 1.60 bits per heavy atom. The van der Waals surface area contributed by atoms with Crippen molar-refractivity contribution < 1.29 is 8.78 Å². The van der Waals surface area contributed by atoms with Crippen LogP contribution in [0.4, 0.5) is 8.78 Å². The molecule has 0 unspecified atom stereocenters. The molecule has 2 rings (SSSR count). The van der Waals surface area contributed by atoms with Gasteiger partial charge >= 0.3 is 0 Å². The van der Waals surface area contributed by atoms with Crippen LogP contribution in [0.5, 0.6) is 0 Å². The van der Waals surface area contributed by atoms with E-state index in [-0.39, 0.29) is 26.8 Å². The van der Waals surface area contributed by atoms with Gasteiger partial charge in [-0.25, -0.2) is 8.78 Å². The highest BCUT2D eigenvalue weighted by molar-refractivity contribution is 8.06. The largest absolute Gasteiger partial charge is 0.392 e. The lowest BCUT2D eigenvalue weighted by Crippen LogP contribution is -2.19. The van der Waals surface area contributed by atoms with Crippen molar-refractivity contribution in [2.45, 2.75) is 5.92 Å². The van der Waals surface area contributed by atoms with Crippen LogP contribution in [0, 0.1) is 34.3 Å². The van der Waals surface area contributed by atoms with Gasteiger partial charge in [0.15, 0.2) is 11.6 Å². The summed E-state index contributed by atoms with van der Waals surface area (Å²) in [7, 11) is 0. The van der Waals surface area contributed by atoms with Gasteiger partial charge in [0.1, 0.15) is 0 Å². The van der Waals surface area contributed by atoms with E-state index in [2.05, 4.69) is 0 Å². The first-order valence-corrected chi connectivity index (χ1v) is 6.24. The van der Waals surface area contributed by atoms with Crippen molar-refractivity contribution in [3.63, 3.8) is 0 Å². The summed E-state index contributed by atoms with van der Waals surface area (Å²) in [6.07, 6.45) is 0. The van der Waals surface area contributed by atoms with Crippen LogP contribution < -0.4 is 11.5 Å². The van der Waals surface area contributed by atoms with Crippen molar-refractivity contribution >= 4 is 11.8 Å². The Kier molecular flexibility index (Phi) is 3.64. The van der Waals surface area contributed by atoms with Crippen LogP contribution >= 0.6 is 11.8 Å². The van der Waals surface area contributed by atoms with Crippen molar-refractivity contribution in [1.82, 2.24) is 0 Å². The molecule has 0 radical (unpaired) electrons. The van der Waals surface area contributed by atoms with Crippen molar-refractivity contribution in [3.05, 3.63) is 56.6 Å². The fourth-order valence-electron chi connectivity index (χ4n) is 1.95. The molecule has 1 heterocycles. The maximum absolute atomic E-state index is 13.9. The monoisotopic (exact) mass is 290 g/mol. The molecule has 0 saturated carbocycles.